The Morgan fingerprint density at radius 3 is 2.35 bits per heavy atom. The molecule has 1 heterocycles. The molecule has 0 N–H and O–H groups in total. The van der Waals surface area contributed by atoms with E-state index in [0.717, 1.165) is 0 Å². The second-order valence-electron chi connectivity index (χ2n) is 4.85. The van der Waals surface area contributed by atoms with E-state index >= 15 is 0 Å². The molecule has 1 aromatic rings. The van der Waals surface area contributed by atoms with Gasteiger partial charge in [-0.05, 0) is 26.5 Å². The van der Waals surface area contributed by atoms with Gasteiger partial charge in [0.2, 0.25) is 0 Å². The predicted octanol–water partition coefficient (Wildman–Crippen LogP) is 1.86. The first-order valence-corrected chi connectivity index (χ1v) is 7.63. The molecule has 0 spiro atoms. The van der Waals surface area contributed by atoms with Gasteiger partial charge in [-0.25, -0.2) is 8.42 Å². The van der Waals surface area contributed by atoms with E-state index in [2.05, 4.69) is 24.0 Å². The van der Waals surface area contributed by atoms with Crippen LogP contribution in [0.3, 0.4) is 0 Å². The largest absolute Gasteiger partial charge is 0.294 e. The van der Waals surface area contributed by atoms with Crippen LogP contribution in [0.5, 0.6) is 0 Å². The van der Waals surface area contributed by atoms with Crippen molar-refractivity contribution in [1.29, 1.82) is 0 Å². The smallest absolute Gasteiger partial charge is 0.156 e. The van der Waals surface area contributed by atoms with Crippen molar-refractivity contribution in [2.45, 2.75) is 31.2 Å². The first-order valence-electron chi connectivity index (χ1n) is 5.92. The maximum atomic E-state index is 11.5. The van der Waals surface area contributed by atoms with Crippen molar-refractivity contribution in [3.63, 3.8) is 0 Å². The molecule has 3 nitrogen and oxygen atoms in total. The van der Waals surface area contributed by atoms with Gasteiger partial charge in [-0.15, -0.1) is 0 Å². The fourth-order valence-electron chi connectivity index (χ4n) is 2.35. The molecule has 1 aromatic carbocycles. The third kappa shape index (κ3) is 2.24. The first-order chi connectivity index (χ1) is 7.93. The lowest BCUT2D eigenvalue weighted by molar-refractivity contribution is 0.182. The summed E-state index contributed by atoms with van der Waals surface area (Å²) in [5.41, 5.74) is 1.23. The molecular formula is C13H19NO2S. The summed E-state index contributed by atoms with van der Waals surface area (Å²) in [4.78, 5) is 2.17. The van der Waals surface area contributed by atoms with Crippen LogP contribution in [0.1, 0.15) is 25.5 Å². The summed E-state index contributed by atoms with van der Waals surface area (Å²) in [6.45, 7) is 3.92. The van der Waals surface area contributed by atoms with Crippen LogP contribution in [0.25, 0.3) is 0 Å². The topological polar surface area (TPSA) is 37.4 Å². The monoisotopic (exact) mass is 253 g/mol. The van der Waals surface area contributed by atoms with Crippen LogP contribution in [0, 0.1) is 0 Å². The minimum atomic E-state index is -2.81. The summed E-state index contributed by atoms with van der Waals surface area (Å²) in [7, 11) is -0.804. The third-order valence-corrected chi connectivity index (χ3v) is 6.18. The van der Waals surface area contributed by atoms with E-state index in [0.29, 0.717) is 5.75 Å². The molecule has 0 amide bonds. The molecular weight excluding hydrogens is 234 g/mol. The predicted molar refractivity (Wildman–Crippen MR) is 69.7 cm³/mol. The van der Waals surface area contributed by atoms with Gasteiger partial charge >= 0.3 is 0 Å². The van der Waals surface area contributed by atoms with Gasteiger partial charge in [0, 0.05) is 12.1 Å². The van der Waals surface area contributed by atoms with Gasteiger partial charge in [-0.1, -0.05) is 30.3 Å². The molecule has 1 fully saturated rings. The van der Waals surface area contributed by atoms with Gasteiger partial charge in [0.15, 0.2) is 9.84 Å². The minimum absolute atomic E-state index is 0.148. The van der Waals surface area contributed by atoms with Gasteiger partial charge in [-0.2, -0.15) is 0 Å². The minimum Gasteiger partial charge on any atom is -0.294 e. The molecule has 0 aromatic heterocycles. The lowest BCUT2D eigenvalue weighted by atomic mass is 10.0. The summed E-state index contributed by atoms with van der Waals surface area (Å²) in [5, 5.41) is -0.237. The van der Waals surface area contributed by atoms with Crippen LogP contribution in [0.2, 0.25) is 0 Å². The fourth-order valence-corrected chi connectivity index (χ4v) is 4.06. The van der Waals surface area contributed by atoms with Crippen LogP contribution in [-0.4, -0.2) is 37.4 Å². The first kappa shape index (κ1) is 12.6. The van der Waals surface area contributed by atoms with Gasteiger partial charge in [0.05, 0.1) is 11.0 Å². The molecule has 3 atom stereocenters. The quantitative estimate of drug-likeness (QED) is 0.825. The molecule has 0 aliphatic carbocycles. The molecule has 1 saturated heterocycles. The Kier molecular flexibility index (Phi) is 3.27. The maximum Gasteiger partial charge on any atom is 0.156 e. The van der Waals surface area contributed by atoms with Crippen molar-refractivity contribution < 1.29 is 8.42 Å². The van der Waals surface area contributed by atoms with Crippen LogP contribution >= 0.6 is 0 Å². The lowest BCUT2D eigenvalue weighted by Crippen LogP contribution is -2.58. The number of sulfone groups is 1. The number of rotatable bonds is 3. The van der Waals surface area contributed by atoms with E-state index in [4.69, 9.17) is 0 Å². The molecule has 1 aliphatic rings. The summed E-state index contributed by atoms with van der Waals surface area (Å²) in [6.07, 6.45) is 0. The van der Waals surface area contributed by atoms with Crippen molar-refractivity contribution in [2.24, 2.45) is 0 Å². The molecule has 1 aliphatic heterocycles. The number of hydrogen-bond acceptors (Lipinski definition) is 3. The van der Waals surface area contributed by atoms with E-state index in [1.54, 1.807) is 6.92 Å². The SMILES string of the molecule is C[C@H](c1ccccc1)N(C)[C@H]1CS(=O)(=O)[C@H]1C. The van der Waals surface area contributed by atoms with E-state index in [9.17, 15) is 8.42 Å². The van der Waals surface area contributed by atoms with Crippen LogP contribution in [0.4, 0.5) is 0 Å². The zero-order valence-corrected chi connectivity index (χ0v) is 11.3. The third-order valence-electron chi connectivity index (χ3n) is 3.93. The fraction of sp³-hybridized carbons (Fsp3) is 0.538. The van der Waals surface area contributed by atoms with E-state index in [1.165, 1.54) is 5.56 Å². The molecule has 17 heavy (non-hydrogen) atoms. The highest BCUT2D eigenvalue weighted by Gasteiger charge is 2.45. The van der Waals surface area contributed by atoms with Crippen LogP contribution in [-0.2, 0) is 9.84 Å². The summed E-state index contributed by atoms with van der Waals surface area (Å²) < 4.78 is 22.9. The molecule has 0 saturated carbocycles. The van der Waals surface area contributed by atoms with Gasteiger partial charge < -0.3 is 0 Å². The Morgan fingerprint density at radius 1 is 1.29 bits per heavy atom. The number of nitrogens with zero attached hydrogens (tertiary/aromatic N) is 1. The van der Waals surface area contributed by atoms with Gasteiger partial charge in [0.1, 0.15) is 0 Å². The van der Waals surface area contributed by atoms with E-state index < -0.39 is 9.84 Å². The van der Waals surface area contributed by atoms with E-state index in [1.807, 2.05) is 25.2 Å². The standard InChI is InChI=1S/C13H19NO2S/c1-10(12-7-5-4-6-8-12)14(3)13-9-17(15,16)11(13)2/h4-8,10-11,13H,9H2,1-3H3/t10-,11+,13+/m1/s1. The van der Waals surface area contributed by atoms with Crippen molar-refractivity contribution in [3.8, 4) is 0 Å². The second-order valence-corrected chi connectivity index (χ2v) is 7.26. The van der Waals surface area contributed by atoms with E-state index in [-0.39, 0.29) is 17.3 Å². The second kappa shape index (κ2) is 4.42. The Bertz CT molecular complexity index is 483. The molecule has 0 bridgehead atoms. The summed E-state index contributed by atoms with van der Waals surface area (Å²) >= 11 is 0. The highest BCUT2D eigenvalue weighted by molar-refractivity contribution is 7.93. The van der Waals surface area contributed by atoms with Crippen LogP contribution < -0.4 is 0 Å². The Morgan fingerprint density at radius 2 is 1.88 bits per heavy atom. The summed E-state index contributed by atoms with van der Waals surface area (Å²) in [5.74, 6) is 0.293. The van der Waals surface area contributed by atoms with Gasteiger partial charge in [0.25, 0.3) is 0 Å². The average molecular weight is 253 g/mol. The molecule has 94 valence electrons. The zero-order valence-electron chi connectivity index (χ0n) is 10.5. The number of hydrogen-bond donors (Lipinski definition) is 0. The highest BCUT2D eigenvalue weighted by Crippen LogP contribution is 2.30. The maximum absolute atomic E-state index is 11.5. The Labute approximate surface area is 103 Å². The van der Waals surface area contributed by atoms with Crippen molar-refractivity contribution in [3.05, 3.63) is 35.9 Å². The average Bonchev–Trinajstić information content (AvgIpc) is 2.35. The molecule has 4 heteroatoms. The van der Waals surface area contributed by atoms with Crippen LogP contribution in [0.15, 0.2) is 30.3 Å². The Hall–Kier alpha value is -0.870. The zero-order chi connectivity index (χ0) is 12.6. The van der Waals surface area contributed by atoms with Crippen molar-refractivity contribution in [1.82, 2.24) is 4.90 Å². The molecule has 2 rings (SSSR count). The highest BCUT2D eigenvalue weighted by atomic mass is 32.2. The number of benzene rings is 1. The Balaban J connectivity index is 2.10. The molecule has 0 radical (unpaired) electrons. The summed E-state index contributed by atoms with van der Waals surface area (Å²) in [6, 6.07) is 10.6. The molecule has 0 unspecified atom stereocenters. The van der Waals surface area contributed by atoms with Crippen molar-refractivity contribution >= 4 is 9.84 Å². The van der Waals surface area contributed by atoms with Crippen molar-refractivity contribution in [2.75, 3.05) is 12.8 Å². The normalized spacial score (nSPS) is 28.7. The lowest BCUT2D eigenvalue weighted by Gasteiger charge is -2.43. The van der Waals surface area contributed by atoms with Gasteiger partial charge in [-0.3, -0.25) is 4.90 Å².